The van der Waals surface area contributed by atoms with Crippen LogP contribution in [0.5, 0.6) is 5.75 Å². The summed E-state index contributed by atoms with van der Waals surface area (Å²) in [6.45, 7) is 0.740. The Balaban J connectivity index is 1.70. The van der Waals surface area contributed by atoms with Crippen molar-refractivity contribution in [3.05, 3.63) is 65.7 Å². The molecule has 0 saturated carbocycles. The highest BCUT2D eigenvalue weighted by atomic mass is 79.9. The Labute approximate surface area is 153 Å². The van der Waals surface area contributed by atoms with E-state index < -0.39 is 0 Å². The largest absolute Gasteiger partial charge is 0.494 e. The molecule has 0 atom stereocenters. The second-order valence-corrected chi connectivity index (χ2v) is 6.67. The van der Waals surface area contributed by atoms with Crippen molar-refractivity contribution in [2.24, 2.45) is 0 Å². The number of carbonyl (C=O) groups excluding carboxylic acids is 1. The normalized spacial score (nSPS) is 10.5. The smallest absolute Gasteiger partial charge is 0.193 e. The topological polar surface area (TPSA) is 26.3 Å². The van der Waals surface area contributed by atoms with E-state index in [0.29, 0.717) is 11.1 Å². The van der Waals surface area contributed by atoms with Gasteiger partial charge in [0, 0.05) is 16.5 Å². The fourth-order valence-electron chi connectivity index (χ4n) is 2.55. The van der Waals surface area contributed by atoms with Crippen molar-refractivity contribution in [1.82, 2.24) is 0 Å². The summed E-state index contributed by atoms with van der Waals surface area (Å²) in [4.78, 5) is 12.3. The van der Waals surface area contributed by atoms with Crippen LogP contribution >= 0.6 is 15.9 Å². The van der Waals surface area contributed by atoms with Gasteiger partial charge < -0.3 is 4.74 Å². The molecular formula is C21H25BrO2. The maximum atomic E-state index is 12.3. The zero-order chi connectivity index (χ0) is 17.0. The Morgan fingerprint density at radius 1 is 0.750 bits per heavy atom. The first-order valence-corrected chi connectivity index (χ1v) is 9.82. The molecule has 2 rings (SSSR count). The number of rotatable bonds is 11. The standard InChI is InChI=1S/C21H25BrO2/c22-16-8-3-1-2-4-9-17-24-20-14-12-19(13-15-20)21(23)18-10-6-5-7-11-18/h5-7,10-15H,1-4,8-9,16-17H2. The Morgan fingerprint density at radius 3 is 2.00 bits per heavy atom. The molecule has 2 aromatic rings. The van der Waals surface area contributed by atoms with Crippen LogP contribution in [0.3, 0.4) is 0 Å². The van der Waals surface area contributed by atoms with Crippen LogP contribution in [0.2, 0.25) is 0 Å². The van der Waals surface area contributed by atoms with Crippen molar-refractivity contribution in [1.29, 1.82) is 0 Å². The van der Waals surface area contributed by atoms with Crippen molar-refractivity contribution in [2.45, 2.75) is 38.5 Å². The summed E-state index contributed by atoms with van der Waals surface area (Å²) in [7, 11) is 0. The molecular weight excluding hydrogens is 364 g/mol. The van der Waals surface area contributed by atoms with Gasteiger partial charge in [0.25, 0.3) is 0 Å². The Kier molecular flexibility index (Phi) is 8.61. The van der Waals surface area contributed by atoms with Crippen LogP contribution in [0.1, 0.15) is 54.4 Å². The molecule has 2 nitrogen and oxygen atoms in total. The second kappa shape index (κ2) is 11.0. The number of halogens is 1. The highest BCUT2D eigenvalue weighted by Gasteiger charge is 2.08. The van der Waals surface area contributed by atoms with Gasteiger partial charge in [-0.1, -0.05) is 71.9 Å². The van der Waals surface area contributed by atoms with Gasteiger partial charge in [-0.25, -0.2) is 0 Å². The lowest BCUT2D eigenvalue weighted by Crippen LogP contribution is -2.01. The van der Waals surface area contributed by atoms with Crippen molar-refractivity contribution in [3.63, 3.8) is 0 Å². The summed E-state index contributed by atoms with van der Waals surface area (Å²) in [6, 6.07) is 16.8. The molecule has 0 unspecified atom stereocenters. The number of ether oxygens (including phenoxy) is 1. The zero-order valence-electron chi connectivity index (χ0n) is 14.0. The average molecular weight is 389 g/mol. The van der Waals surface area contributed by atoms with Crippen molar-refractivity contribution in [2.75, 3.05) is 11.9 Å². The number of unbranched alkanes of at least 4 members (excludes halogenated alkanes) is 5. The van der Waals surface area contributed by atoms with E-state index in [9.17, 15) is 4.79 Å². The molecule has 0 bridgehead atoms. The quantitative estimate of drug-likeness (QED) is 0.266. The van der Waals surface area contributed by atoms with Gasteiger partial charge in [0.05, 0.1) is 6.61 Å². The third-order valence-corrected chi connectivity index (χ3v) is 4.51. The molecule has 0 spiro atoms. The SMILES string of the molecule is O=C(c1ccccc1)c1ccc(OCCCCCCCCBr)cc1. The lowest BCUT2D eigenvalue weighted by atomic mass is 10.0. The van der Waals surface area contributed by atoms with Gasteiger partial charge in [0.2, 0.25) is 0 Å². The Morgan fingerprint density at radius 2 is 1.33 bits per heavy atom. The number of carbonyl (C=O) groups is 1. The molecule has 0 saturated heterocycles. The van der Waals surface area contributed by atoms with Crippen LogP contribution in [0.25, 0.3) is 0 Å². The predicted molar refractivity (Wildman–Crippen MR) is 103 cm³/mol. The molecule has 3 heteroatoms. The molecule has 0 aliphatic rings. The van der Waals surface area contributed by atoms with Crippen LogP contribution in [-0.4, -0.2) is 17.7 Å². The zero-order valence-corrected chi connectivity index (χ0v) is 15.6. The minimum Gasteiger partial charge on any atom is -0.494 e. The molecule has 0 aliphatic carbocycles. The fraction of sp³-hybridized carbons (Fsp3) is 0.381. The summed E-state index contributed by atoms with van der Waals surface area (Å²) in [5.41, 5.74) is 1.41. The summed E-state index contributed by atoms with van der Waals surface area (Å²) in [5, 5.41) is 1.11. The van der Waals surface area contributed by atoms with Gasteiger partial charge in [-0.3, -0.25) is 4.79 Å². The van der Waals surface area contributed by atoms with Crippen LogP contribution in [0, 0.1) is 0 Å². The van der Waals surface area contributed by atoms with Crippen LogP contribution in [-0.2, 0) is 0 Å². The van der Waals surface area contributed by atoms with Crippen LogP contribution < -0.4 is 4.74 Å². The highest BCUT2D eigenvalue weighted by molar-refractivity contribution is 9.09. The maximum Gasteiger partial charge on any atom is 0.193 e. The van der Waals surface area contributed by atoms with E-state index in [0.717, 1.165) is 24.1 Å². The minimum atomic E-state index is 0.0469. The van der Waals surface area contributed by atoms with E-state index in [2.05, 4.69) is 15.9 Å². The third kappa shape index (κ3) is 6.48. The van der Waals surface area contributed by atoms with Gasteiger partial charge in [0.1, 0.15) is 5.75 Å². The van der Waals surface area contributed by atoms with E-state index >= 15 is 0 Å². The molecule has 0 aliphatic heterocycles. The Bertz CT molecular complexity index is 593. The van der Waals surface area contributed by atoms with E-state index in [1.807, 2.05) is 54.6 Å². The minimum absolute atomic E-state index is 0.0469. The van der Waals surface area contributed by atoms with E-state index in [1.165, 1.54) is 32.1 Å². The number of benzene rings is 2. The van der Waals surface area contributed by atoms with Crippen LogP contribution in [0.4, 0.5) is 0 Å². The van der Waals surface area contributed by atoms with Gasteiger partial charge in [-0.15, -0.1) is 0 Å². The molecule has 128 valence electrons. The maximum absolute atomic E-state index is 12.3. The van der Waals surface area contributed by atoms with Gasteiger partial charge in [0.15, 0.2) is 5.78 Å². The summed E-state index contributed by atoms with van der Waals surface area (Å²) in [5.74, 6) is 0.879. The average Bonchev–Trinajstić information content (AvgIpc) is 2.64. The predicted octanol–water partition coefficient (Wildman–Crippen LogP) is 6.03. The van der Waals surface area contributed by atoms with Gasteiger partial charge in [-0.05, 0) is 37.1 Å². The number of ketones is 1. The molecule has 0 aromatic heterocycles. The molecule has 24 heavy (non-hydrogen) atoms. The molecule has 0 fully saturated rings. The lowest BCUT2D eigenvalue weighted by Gasteiger charge is -2.07. The van der Waals surface area contributed by atoms with Gasteiger partial charge >= 0.3 is 0 Å². The van der Waals surface area contributed by atoms with E-state index in [-0.39, 0.29) is 5.78 Å². The first kappa shape index (κ1) is 18.7. The van der Waals surface area contributed by atoms with Crippen molar-refractivity contribution in [3.8, 4) is 5.75 Å². The monoisotopic (exact) mass is 388 g/mol. The van der Waals surface area contributed by atoms with Gasteiger partial charge in [-0.2, -0.15) is 0 Å². The summed E-state index contributed by atoms with van der Waals surface area (Å²) >= 11 is 3.46. The van der Waals surface area contributed by atoms with E-state index in [4.69, 9.17) is 4.74 Å². The fourth-order valence-corrected chi connectivity index (χ4v) is 2.95. The number of hydrogen-bond acceptors (Lipinski definition) is 2. The van der Waals surface area contributed by atoms with Crippen LogP contribution in [0.15, 0.2) is 54.6 Å². The Hall–Kier alpha value is -1.61. The lowest BCUT2D eigenvalue weighted by molar-refractivity contribution is 0.103. The van der Waals surface area contributed by atoms with Crippen molar-refractivity contribution < 1.29 is 9.53 Å². The number of alkyl halides is 1. The molecule has 2 aromatic carbocycles. The number of hydrogen-bond donors (Lipinski definition) is 0. The van der Waals surface area contributed by atoms with E-state index in [1.54, 1.807) is 0 Å². The highest BCUT2D eigenvalue weighted by Crippen LogP contribution is 2.16. The second-order valence-electron chi connectivity index (χ2n) is 5.88. The first-order chi connectivity index (χ1) is 11.8. The molecule has 0 amide bonds. The molecule has 0 N–H and O–H groups in total. The van der Waals surface area contributed by atoms with Crippen molar-refractivity contribution >= 4 is 21.7 Å². The third-order valence-electron chi connectivity index (χ3n) is 3.95. The molecule has 0 radical (unpaired) electrons. The molecule has 0 heterocycles. The first-order valence-electron chi connectivity index (χ1n) is 8.70. The summed E-state index contributed by atoms with van der Waals surface area (Å²) < 4.78 is 5.76. The summed E-state index contributed by atoms with van der Waals surface area (Å²) in [6.07, 6.45) is 7.46.